The fraction of sp³-hybridized carbons (Fsp3) is 0.588. The number of hydrogen-bond acceptors (Lipinski definition) is 5. The van der Waals surface area contributed by atoms with Gasteiger partial charge in [0.25, 0.3) is 0 Å². The van der Waals surface area contributed by atoms with Crippen LogP contribution in [0.25, 0.3) is 0 Å². The second kappa shape index (κ2) is 9.22. The van der Waals surface area contributed by atoms with Gasteiger partial charge in [-0.1, -0.05) is 0 Å². The Morgan fingerprint density at radius 2 is 1.92 bits per heavy atom. The van der Waals surface area contributed by atoms with E-state index in [4.69, 9.17) is 9.84 Å². The average molecular weight is 337 g/mol. The van der Waals surface area contributed by atoms with Crippen LogP contribution in [0.1, 0.15) is 33.3 Å². The Hall–Kier alpha value is -2.15. The van der Waals surface area contributed by atoms with Crippen molar-refractivity contribution >= 4 is 12.0 Å². The summed E-state index contributed by atoms with van der Waals surface area (Å²) in [6.07, 6.45) is 4.02. The summed E-state index contributed by atoms with van der Waals surface area (Å²) in [6.45, 7) is 7.36. The van der Waals surface area contributed by atoms with E-state index in [9.17, 15) is 9.59 Å². The van der Waals surface area contributed by atoms with Crippen LogP contribution in [-0.4, -0.2) is 58.3 Å². The molecule has 0 bridgehead atoms. The zero-order valence-electron chi connectivity index (χ0n) is 14.8. The average Bonchev–Trinajstić information content (AvgIpc) is 2.50. The molecule has 0 aliphatic rings. The molecule has 0 aliphatic carbocycles. The highest BCUT2D eigenvalue weighted by Gasteiger charge is 2.24. The first kappa shape index (κ1) is 19.9. The number of aromatic nitrogens is 1. The van der Waals surface area contributed by atoms with E-state index in [1.165, 1.54) is 4.90 Å². The summed E-state index contributed by atoms with van der Waals surface area (Å²) >= 11 is 0. The Morgan fingerprint density at radius 1 is 1.29 bits per heavy atom. The maximum absolute atomic E-state index is 12.3. The van der Waals surface area contributed by atoms with Crippen molar-refractivity contribution in [2.75, 3.05) is 19.7 Å². The molecule has 1 aromatic rings. The monoisotopic (exact) mass is 337 g/mol. The molecular formula is C17H27N3O4. The van der Waals surface area contributed by atoms with Crippen LogP contribution in [-0.2, 0) is 16.0 Å². The van der Waals surface area contributed by atoms with E-state index < -0.39 is 23.6 Å². The number of carbonyl (C=O) groups is 2. The maximum atomic E-state index is 12.3. The molecular weight excluding hydrogens is 310 g/mol. The van der Waals surface area contributed by atoms with Gasteiger partial charge < -0.3 is 20.1 Å². The predicted octanol–water partition coefficient (Wildman–Crippen LogP) is 1.36. The summed E-state index contributed by atoms with van der Waals surface area (Å²) in [5, 5.41) is 11.8. The van der Waals surface area contributed by atoms with E-state index in [2.05, 4.69) is 10.3 Å². The van der Waals surface area contributed by atoms with Gasteiger partial charge in [0, 0.05) is 25.5 Å². The summed E-state index contributed by atoms with van der Waals surface area (Å²) < 4.78 is 5.24. The molecule has 0 aromatic carbocycles. The molecule has 1 unspecified atom stereocenters. The Kier molecular flexibility index (Phi) is 7.64. The molecule has 1 heterocycles. The summed E-state index contributed by atoms with van der Waals surface area (Å²) in [5.74, 6) is -0.492. The van der Waals surface area contributed by atoms with E-state index in [0.29, 0.717) is 13.0 Å². The Labute approximate surface area is 143 Å². The van der Waals surface area contributed by atoms with Gasteiger partial charge in [0.05, 0.1) is 6.61 Å². The van der Waals surface area contributed by atoms with Crippen molar-refractivity contribution in [1.82, 2.24) is 15.2 Å². The van der Waals surface area contributed by atoms with Crippen molar-refractivity contribution in [3.63, 3.8) is 0 Å². The van der Waals surface area contributed by atoms with Crippen molar-refractivity contribution in [2.24, 2.45) is 0 Å². The number of nitrogens with zero attached hydrogens (tertiary/aromatic N) is 2. The molecule has 1 atom stereocenters. The largest absolute Gasteiger partial charge is 0.458 e. The van der Waals surface area contributed by atoms with Gasteiger partial charge >= 0.3 is 12.0 Å². The van der Waals surface area contributed by atoms with Gasteiger partial charge in [0.15, 0.2) is 0 Å². The van der Waals surface area contributed by atoms with E-state index in [0.717, 1.165) is 5.56 Å². The first-order valence-corrected chi connectivity index (χ1v) is 8.01. The van der Waals surface area contributed by atoms with Crippen molar-refractivity contribution in [3.8, 4) is 0 Å². The number of hydrogen-bond donors (Lipinski definition) is 2. The third-order valence-electron chi connectivity index (χ3n) is 3.18. The highest BCUT2D eigenvalue weighted by molar-refractivity contribution is 5.83. The van der Waals surface area contributed by atoms with Crippen LogP contribution in [0.2, 0.25) is 0 Å². The zero-order chi connectivity index (χ0) is 18.2. The zero-order valence-corrected chi connectivity index (χ0v) is 14.8. The summed E-state index contributed by atoms with van der Waals surface area (Å²) in [6, 6.07) is 2.58. The molecule has 0 aliphatic heterocycles. The van der Waals surface area contributed by atoms with E-state index in [1.807, 2.05) is 12.1 Å². The molecule has 0 spiro atoms. The van der Waals surface area contributed by atoms with Crippen molar-refractivity contribution in [3.05, 3.63) is 30.1 Å². The number of amides is 2. The summed E-state index contributed by atoms with van der Waals surface area (Å²) in [4.78, 5) is 29.7. The third-order valence-corrected chi connectivity index (χ3v) is 3.18. The number of pyridine rings is 1. The number of aliphatic hydroxyl groups excluding tert-OH is 1. The normalized spacial score (nSPS) is 12.4. The lowest BCUT2D eigenvalue weighted by molar-refractivity contribution is -0.156. The summed E-state index contributed by atoms with van der Waals surface area (Å²) in [7, 11) is 0. The van der Waals surface area contributed by atoms with Crippen LogP contribution < -0.4 is 5.32 Å². The van der Waals surface area contributed by atoms with Crippen LogP contribution in [0.15, 0.2) is 24.5 Å². The highest BCUT2D eigenvalue weighted by atomic mass is 16.6. The Bertz CT molecular complexity index is 528. The highest BCUT2D eigenvalue weighted by Crippen LogP contribution is 2.08. The number of aliphatic hydroxyl groups is 1. The van der Waals surface area contributed by atoms with Crippen LogP contribution in [0.3, 0.4) is 0 Å². The smallest absolute Gasteiger partial charge is 0.328 e. The van der Waals surface area contributed by atoms with Crippen LogP contribution in [0.4, 0.5) is 4.79 Å². The minimum absolute atomic E-state index is 0.148. The number of ether oxygens (including phenoxy) is 1. The first-order valence-electron chi connectivity index (χ1n) is 8.01. The minimum Gasteiger partial charge on any atom is -0.458 e. The Balaban J connectivity index is 2.57. The van der Waals surface area contributed by atoms with Crippen molar-refractivity contribution in [2.45, 2.75) is 45.8 Å². The van der Waals surface area contributed by atoms with Gasteiger partial charge in [-0.15, -0.1) is 0 Å². The second-order valence-electron chi connectivity index (χ2n) is 6.52. The van der Waals surface area contributed by atoms with Gasteiger partial charge in [-0.25, -0.2) is 9.59 Å². The molecule has 2 amide bonds. The van der Waals surface area contributed by atoms with Gasteiger partial charge in [0.1, 0.15) is 11.6 Å². The molecule has 1 aromatic heterocycles. The molecule has 7 heteroatoms. The third kappa shape index (κ3) is 7.41. The summed E-state index contributed by atoms with van der Waals surface area (Å²) in [5.41, 5.74) is 0.434. The second-order valence-corrected chi connectivity index (χ2v) is 6.52. The molecule has 24 heavy (non-hydrogen) atoms. The SMILES string of the molecule is CC(NC(=O)N(CCO)CCc1ccncc1)C(=O)OC(C)(C)C. The van der Waals surface area contributed by atoms with E-state index in [1.54, 1.807) is 40.1 Å². The van der Waals surface area contributed by atoms with E-state index in [-0.39, 0.29) is 13.2 Å². The molecule has 1 rings (SSSR count). The van der Waals surface area contributed by atoms with Gasteiger partial charge in [0.2, 0.25) is 0 Å². The lowest BCUT2D eigenvalue weighted by Gasteiger charge is -2.26. The molecule has 0 radical (unpaired) electrons. The molecule has 0 saturated heterocycles. The van der Waals surface area contributed by atoms with Crippen LogP contribution in [0.5, 0.6) is 0 Å². The fourth-order valence-electron chi connectivity index (χ4n) is 1.97. The topological polar surface area (TPSA) is 91.8 Å². The lowest BCUT2D eigenvalue weighted by atomic mass is 10.2. The molecule has 7 nitrogen and oxygen atoms in total. The number of urea groups is 1. The van der Waals surface area contributed by atoms with Gasteiger partial charge in [-0.2, -0.15) is 0 Å². The lowest BCUT2D eigenvalue weighted by Crippen LogP contribution is -2.49. The van der Waals surface area contributed by atoms with Crippen molar-refractivity contribution in [1.29, 1.82) is 0 Å². The number of nitrogens with one attached hydrogen (secondary N) is 1. The van der Waals surface area contributed by atoms with E-state index >= 15 is 0 Å². The Morgan fingerprint density at radius 3 is 2.46 bits per heavy atom. The molecule has 134 valence electrons. The van der Waals surface area contributed by atoms with Crippen LogP contribution >= 0.6 is 0 Å². The standard InChI is InChI=1S/C17H27N3O4/c1-13(15(22)24-17(2,3)4)19-16(23)20(11-12-21)10-7-14-5-8-18-9-6-14/h5-6,8-9,13,21H,7,10-12H2,1-4H3,(H,19,23). The number of rotatable bonds is 7. The fourth-order valence-corrected chi connectivity index (χ4v) is 1.97. The molecule has 0 fully saturated rings. The molecule has 0 saturated carbocycles. The van der Waals surface area contributed by atoms with Crippen LogP contribution in [0, 0.1) is 0 Å². The maximum Gasteiger partial charge on any atom is 0.328 e. The van der Waals surface area contributed by atoms with Gasteiger partial charge in [-0.05, 0) is 51.8 Å². The van der Waals surface area contributed by atoms with Crippen molar-refractivity contribution < 1.29 is 19.4 Å². The predicted molar refractivity (Wildman–Crippen MR) is 90.4 cm³/mol. The first-order chi connectivity index (χ1) is 11.2. The minimum atomic E-state index is -0.765. The molecule has 2 N–H and O–H groups in total. The number of esters is 1. The quantitative estimate of drug-likeness (QED) is 0.733. The van der Waals surface area contributed by atoms with Gasteiger partial charge in [-0.3, -0.25) is 4.98 Å². The number of carbonyl (C=O) groups excluding carboxylic acids is 2.